The zero-order chi connectivity index (χ0) is 23.2. The largest absolute Gasteiger partial charge is 0.492 e. The van der Waals surface area contributed by atoms with Crippen LogP contribution < -0.4 is 9.47 Å². The van der Waals surface area contributed by atoms with Crippen LogP contribution in [0.5, 0.6) is 11.5 Å². The monoisotopic (exact) mass is 443 g/mol. The number of para-hydroxylation sites is 1. The molecule has 0 aromatic heterocycles. The predicted octanol–water partition coefficient (Wildman–Crippen LogP) is 4.79. The number of aliphatic carboxylic acids is 1. The molecule has 0 saturated heterocycles. The molecular weight excluding hydrogens is 410 g/mol. The van der Waals surface area contributed by atoms with Crippen LogP contribution in [0.4, 0.5) is 4.79 Å². The lowest BCUT2D eigenvalue weighted by atomic mass is 10.1. The molecule has 7 nitrogen and oxygen atoms in total. The van der Waals surface area contributed by atoms with E-state index in [1.165, 1.54) is 0 Å². The molecule has 1 unspecified atom stereocenters. The quantitative estimate of drug-likeness (QED) is 0.423. The number of carbonyl (C=O) groups is 2. The second kappa shape index (κ2) is 14.1. The Bertz CT molecular complexity index is 809. The number of rotatable bonds is 14. The molecule has 0 heterocycles. The van der Waals surface area contributed by atoms with Crippen LogP contribution in [0.3, 0.4) is 0 Å². The van der Waals surface area contributed by atoms with Crippen molar-refractivity contribution in [3.8, 4) is 11.5 Å². The first-order chi connectivity index (χ1) is 15.5. The second-order valence-electron chi connectivity index (χ2n) is 7.35. The van der Waals surface area contributed by atoms with Gasteiger partial charge in [-0.05, 0) is 43.2 Å². The molecule has 0 fully saturated rings. The number of amides is 1. The SMILES string of the molecule is CCCCCN(CCOc1ccc(CC(OCC)C(=O)O)cc1)C(=O)Oc1ccccc1. The van der Waals surface area contributed by atoms with Gasteiger partial charge in [-0.3, -0.25) is 0 Å². The lowest BCUT2D eigenvalue weighted by molar-refractivity contribution is -0.149. The number of unbranched alkanes of at least 4 members (excludes halogenated alkanes) is 2. The third kappa shape index (κ3) is 8.98. The summed E-state index contributed by atoms with van der Waals surface area (Å²) in [6, 6.07) is 16.3. The van der Waals surface area contributed by atoms with Gasteiger partial charge in [0, 0.05) is 19.6 Å². The lowest BCUT2D eigenvalue weighted by Gasteiger charge is -2.22. The molecule has 0 bridgehead atoms. The van der Waals surface area contributed by atoms with Crippen LogP contribution in [-0.2, 0) is 16.0 Å². The van der Waals surface area contributed by atoms with Crippen LogP contribution in [0.15, 0.2) is 54.6 Å². The maximum atomic E-state index is 12.6. The van der Waals surface area contributed by atoms with Crippen LogP contribution in [0, 0.1) is 0 Å². The van der Waals surface area contributed by atoms with Gasteiger partial charge in [0.15, 0.2) is 6.10 Å². The Morgan fingerprint density at radius 2 is 1.66 bits per heavy atom. The Morgan fingerprint density at radius 1 is 0.938 bits per heavy atom. The zero-order valence-electron chi connectivity index (χ0n) is 18.9. The maximum absolute atomic E-state index is 12.6. The zero-order valence-corrected chi connectivity index (χ0v) is 18.9. The Morgan fingerprint density at radius 3 is 2.28 bits per heavy atom. The van der Waals surface area contributed by atoms with Gasteiger partial charge in [-0.2, -0.15) is 0 Å². The summed E-state index contributed by atoms with van der Waals surface area (Å²) >= 11 is 0. The average Bonchev–Trinajstić information content (AvgIpc) is 2.79. The Labute approximate surface area is 189 Å². The maximum Gasteiger partial charge on any atom is 0.415 e. The topological polar surface area (TPSA) is 85.3 Å². The van der Waals surface area contributed by atoms with E-state index in [9.17, 15) is 14.7 Å². The van der Waals surface area contributed by atoms with Crippen molar-refractivity contribution in [3.05, 3.63) is 60.2 Å². The molecule has 0 radical (unpaired) electrons. The van der Waals surface area contributed by atoms with Crippen molar-refractivity contribution >= 4 is 12.1 Å². The highest BCUT2D eigenvalue weighted by Crippen LogP contribution is 2.15. The van der Waals surface area contributed by atoms with E-state index in [-0.39, 0.29) is 6.09 Å². The van der Waals surface area contributed by atoms with Crippen molar-refractivity contribution in [1.82, 2.24) is 4.90 Å². The van der Waals surface area contributed by atoms with Gasteiger partial charge < -0.3 is 24.2 Å². The first-order valence-electron chi connectivity index (χ1n) is 11.1. The predicted molar refractivity (Wildman–Crippen MR) is 122 cm³/mol. The highest BCUT2D eigenvalue weighted by atomic mass is 16.6. The fourth-order valence-electron chi connectivity index (χ4n) is 3.13. The molecule has 1 atom stereocenters. The Balaban J connectivity index is 1.87. The highest BCUT2D eigenvalue weighted by Gasteiger charge is 2.18. The molecule has 2 aromatic rings. The Kier molecular flexibility index (Phi) is 11.1. The molecule has 1 amide bonds. The minimum absolute atomic E-state index is 0.292. The summed E-state index contributed by atoms with van der Waals surface area (Å²) in [5.74, 6) is 0.195. The number of carboxylic acid groups (broad SMARTS) is 1. The number of hydrogen-bond acceptors (Lipinski definition) is 5. The van der Waals surface area contributed by atoms with Crippen LogP contribution in [0.25, 0.3) is 0 Å². The van der Waals surface area contributed by atoms with Gasteiger partial charge in [0.25, 0.3) is 0 Å². The highest BCUT2D eigenvalue weighted by molar-refractivity contribution is 5.72. The normalized spacial score (nSPS) is 11.6. The van der Waals surface area contributed by atoms with Gasteiger partial charge >= 0.3 is 12.1 Å². The van der Waals surface area contributed by atoms with E-state index in [1.807, 2.05) is 30.3 Å². The van der Waals surface area contributed by atoms with E-state index in [4.69, 9.17) is 14.2 Å². The molecule has 0 aliphatic heterocycles. The third-order valence-corrected chi connectivity index (χ3v) is 4.86. The molecule has 2 rings (SSSR count). The molecule has 174 valence electrons. The molecule has 0 aliphatic carbocycles. The first kappa shape index (κ1) is 25.2. The summed E-state index contributed by atoms with van der Waals surface area (Å²) in [7, 11) is 0. The fraction of sp³-hybridized carbons (Fsp3) is 0.440. The van der Waals surface area contributed by atoms with Gasteiger partial charge in [0.05, 0.1) is 6.54 Å². The van der Waals surface area contributed by atoms with Crippen molar-refractivity contribution < 1.29 is 28.9 Å². The molecular formula is C25H33NO6. The lowest BCUT2D eigenvalue weighted by Crippen LogP contribution is -2.37. The van der Waals surface area contributed by atoms with E-state index in [0.29, 0.717) is 44.2 Å². The number of carbonyl (C=O) groups excluding carboxylic acids is 1. The fourth-order valence-corrected chi connectivity index (χ4v) is 3.13. The molecule has 0 aliphatic rings. The van der Waals surface area contributed by atoms with Crippen LogP contribution in [0.1, 0.15) is 38.7 Å². The Hall–Kier alpha value is -3.06. The van der Waals surface area contributed by atoms with Crippen LogP contribution in [-0.4, -0.2) is 54.5 Å². The van der Waals surface area contributed by atoms with Crippen molar-refractivity contribution in [2.45, 2.75) is 45.6 Å². The standard InChI is InChI=1S/C25H33NO6/c1-3-5-9-16-26(25(29)32-22-10-7-6-8-11-22)17-18-31-21-14-12-20(13-15-21)19-23(24(27)28)30-4-2/h6-8,10-15,23H,3-5,9,16-19H2,1-2H3,(H,27,28). The van der Waals surface area contributed by atoms with Gasteiger partial charge in [-0.25, -0.2) is 9.59 Å². The first-order valence-corrected chi connectivity index (χ1v) is 11.1. The summed E-state index contributed by atoms with van der Waals surface area (Å²) in [4.78, 5) is 25.5. The van der Waals surface area contributed by atoms with Crippen molar-refractivity contribution in [2.75, 3.05) is 26.3 Å². The molecule has 2 aromatic carbocycles. The molecule has 1 N–H and O–H groups in total. The average molecular weight is 444 g/mol. The van der Waals surface area contributed by atoms with Crippen molar-refractivity contribution in [2.24, 2.45) is 0 Å². The smallest absolute Gasteiger partial charge is 0.415 e. The minimum atomic E-state index is -0.974. The molecule has 7 heteroatoms. The number of ether oxygens (including phenoxy) is 3. The van der Waals surface area contributed by atoms with E-state index < -0.39 is 12.1 Å². The molecule has 32 heavy (non-hydrogen) atoms. The van der Waals surface area contributed by atoms with Gasteiger partial charge in [0.2, 0.25) is 0 Å². The molecule has 0 spiro atoms. The van der Waals surface area contributed by atoms with E-state index in [2.05, 4.69) is 6.92 Å². The number of carboxylic acids is 1. The van der Waals surface area contributed by atoms with Gasteiger partial charge in [-0.15, -0.1) is 0 Å². The minimum Gasteiger partial charge on any atom is -0.492 e. The molecule has 0 saturated carbocycles. The summed E-state index contributed by atoms with van der Waals surface area (Å²) in [6.45, 7) is 5.57. The summed E-state index contributed by atoms with van der Waals surface area (Å²) < 4.78 is 16.5. The van der Waals surface area contributed by atoms with Crippen LogP contribution >= 0.6 is 0 Å². The number of benzene rings is 2. The summed E-state index contributed by atoms with van der Waals surface area (Å²) in [5, 5.41) is 9.21. The van der Waals surface area contributed by atoms with E-state index in [1.54, 1.807) is 36.1 Å². The number of hydrogen-bond donors (Lipinski definition) is 1. The second-order valence-corrected chi connectivity index (χ2v) is 7.35. The summed E-state index contributed by atoms with van der Waals surface area (Å²) in [6.07, 6.45) is 2.05. The third-order valence-electron chi connectivity index (χ3n) is 4.86. The van der Waals surface area contributed by atoms with E-state index in [0.717, 1.165) is 24.8 Å². The van der Waals surface area contributed by atoms with Crippen molar-refractivity contribution in [1.29, 1.82) is 0 Å². The number of nitrogens with zero attached hydrogens (tertiary/aromatic N) is 1. The van der Waals surface area contributed by atoms with Crippen molar-refractivity contribution in [3.63, 3.8) is 0 Å². The van der Waals surface area contributed by atoms with Gasteiger partial charge in [0.1, 0.15) is 18.1 Å². The summed E-state index contributed by atoms with van der Waals surface area (Å²) in [5.41, 5.74) is 0.853. The van der Waals surface area contributed by atoms with Crippen LogP contribution in [0.2, 0.25) is 0 Å². The van der Waals surface area contributed by atoms with E-state index >= 15 is 0 Å². The van der Waals surface area contributed by atoms with Gasteiger partial charge in [-0.1, -0.05) is 50.1 Å².